The summed E-state index contributed by atoms with van der Waals surface area (Å²) in [6, 6.07) is 14.5. The highest BCUT2D eigenvalue weighted by atomic mass is 35.5. The predicted molar refractivity (Wildman–Crippen MR) is 133 cm³/mol. The summed E-state index contributed by atoms with van der Waals surface area (Å²) in [5.41, 5.74) is 3.78. The van der Waals surface area contributed by atoms with Gasteiger partial charge in [-0.2, -0.15) is 5.10 Å². The first-order chi connectivity index (χ1) is 17.0. The first-order valence-electron chi connectivity index (χ1n) is 10.9. The zero-order valence-corrected chi connectivity index (χ0v) is 20.4. The van der Waals surface area contributed by atoms with E-state index in [1.165, 1.54) is 19.4 Å². The summed E-state index contributed by atoms with van der Waals surface area (Å²) < 4.78 is 36.1. The van der Waals surface area contributed by atoms with E-state index in [4.69, 9.17) is 30.5 Å². The third kappa shape index (κ3) is 6.86. The first-order valence-corrected chi connectivity index (χ1v) is 11.3. The standard InChI is InChI=1S/C26H26ClFN2O5/c1-4-33-22-11-10-18(14-23(22)32-3)26(31)30-29-15-17-12-20(27)25(24(13-17)34-5-2)35-16-19-8-6-7-9-21(19)28/h6-15H,4-5,16H2,1-3H3,(H,30,31)/b29-15+. The summed E-state index contributed by atoms with van der Waals surface area (Å²) in [5, 5.41) is 4.27. The van der Waals surface area contributed by atoms with Crippen LogP contribution in [0.5, 0.6) is 23.0 Å². The van der Waals surface area contributed by atoms with Crippen molar-refractivity contribution in [3.63, 3.8) is 0 Å². The Morgan fingerprint density at radius 3 is 2.46 bits per heavy atom. The van der Waals surface area contributed by atoms with Gasteiger partial charge in [0.2, 0.25) is 0 Å². The molecule has 1 N–H and O–H groups in total. The van der Waals surface area contributed by atoms with Gasteiger partial charge in [-0.15, -0.1) is 0 Å². The topological polar surface area (TPSA) is 78.4 Å². The van der Waals surface area contributed by atoms with E-state index >= 15 is 0 Å². The lowest BCUT2D eigenvalue weighted by atomic mass is 10.2. The summed E-state index contributed by atoms with van der Waals surface area (Å²) in [7, 11) is 1.50. The molecule has 9 heteroatoms. The molecule has 3 aromatic rings. The van der Waals surface area contributed by atoms with Crippen LogP contribution in [0.4, 0.5) is 4.39 Å². The minimum absolute atomic E-state index is 0.0124. The maximum atomic E-state index is 13.9. The number of ether oxygens (including phenoxy) is 4. The monoisotopic (exact) mass is 500 g/mol. The van der Waals surface area contributed by atoms with E-state index in [0.29, 0.717) is 52.9 Å². The molecule has 35 heavy (non-hydrogen) atoms. The van der Waals surface area contributed by atoms with Crippen LogP contribution in [-0.2, 0) is 6.61 Å². The average molecular weight is 501 g/mol. The summed E-state index contributed by atoms with van der Waals surface area (Å²) in [5.74, 6) is 0.864. The lowest BCUT2D eigenvalue weighted by molar-refractivity contribution is 0.0954. The van der Waals surface area contributed by atoms with Crippen molar-refractivity contribution in [3.8, 4) is 23.0 Å². The van der Waals surface area contributed by atoms with Gasteiger partial charge in [-0.25, -0.2) is 9.82 Å². The lowest BCUT2D eigenvalue weighted by Crippen LogP contribution is -2.17. The number of hydrogen-bond acceptors (Lipinski definition) is 6. The third-order valence-electron chi connectivity index (χ3n) is 4.77. The largest absolute Gasteiger partial charge is 0.493 e. The maximum Gasteiger partial charge on any atom is 0.271 e. The fraction of sp³-hybridized carbons (Fsp3) is 0.231. The van der Waals surface area contributed by atoms with Gasteiger partial charge in [0.15, 0.2) is 23.0 Å². The second-order valence-corrected chi connectivity index (χ2v) is 7.55. The van der Waals surface area contributed by atoms with Crippen molar-refractivity contribution >= 4 is 23.7 Å². The quantitative estimate of drug-likeness (QED) is 0.273. The van der Waals surface area contributed by atoms with Crippen molar-refractivity contribution in [2.75, 3.05) is 20.3 Å². The smallest absolute Gasteiger partial charge is 0.271 e. The van der Waals surface area contributed by atoms with E-state index in [-0.39, 0.29) is 17.4 Å². The molecule has 0 radical (unpaired) electrons. The second kappa shape index (κ2) is 12.6. The number of benzene rings is 3. The number of nitrogens with zero attached hydrogens (tertiary/aromatic N) is 1. The second-order valence-electron chi connectivity index (χ2n) is 7.14. The molecule has 0 fully saturated rings. The number of halogens is 2. The van der Waals surface area contributed by atoms with Gasteiger partial charge < -0.3 is 18.9 Å². The van der Waals surface area contributed by atoms with Crippen LogP contribution in [0.25, 0.3) is 0 Å². The molecule has 0 aromatic heterocycles. The summed E-state index contributed by atoms with van der Waals surface area (Å²) >= 11 is 6.41. The first kappa shape index (κ1) is 25.8. The molecule has 184 valence electrons. The van der Waals surface area contributed by atoms with E-state index in [1.54, 1.807) is 48.5 Å². The number of carbonyl (C=O) groups excluding carboxylic acids is 1. The molecule has 0 saturated carbocycles. The van der Waals surface area contributed by atoms with Crippen LogP contribution in [0, 0.1) is 5.82 Å². The number of carbonyl (C=O) groups is 1. The van der Waals surface area contributed by atoms with E-state index in [0.717, 1.165) is 0 Å². The normalized spacial score (nSPS) is 10.8. The van der Waals surface area contributed by atoms with Crippen molar-refractivity contribution in [1.82, 2.24) is 5.43 Å². The summed E-state index contributed by atoms with van der Waals surface area (Å²) in [6.07, 6.45) is 1.43. The van der Waals surface area contributed by atoms with E-state index in [1.807, 2.05) is 13.8 Å². The SMILES string of the molecule is CCOc1ccc(C(=O)N/N=C/c2cc(Cl)c(OCc3ccccc3F)c(OCC)c2)cc1OC. The molecule has 1 amide bonds. The van der Waals surface area contributed by atoms with Crippen LogP contribution in [0.2, 0.25) is 5.02 Å². The molecule has 0 aliphatic heterocycles. The van der Waals surface area contributed by atoms with Crippen molar-refractivity contribution < 1.29 is 28.1 Å². The molecular formula is C26H26ClFN2O5. The van der Waals surface area contributed by atoms with Crippen molar-refractivity contribution in [2.45, 2.75) is 20.5 Å². The molecule has 0 aliphatic carbocycles. The van der Waals surface area contributed by atoms with Gasteiger partial charge in [-0.05, 0) is 55.8 Å². The number of rotatable bonds is 11. The molecule has 7 nitrogen and oxygen atoms in total. The Morgan fingerprint density at radius 2 is 1.74 bits per heavy atom. The van der Waals surface area contributed by atoms with Crippen LogP contribution >= 0.6 is 11.6 Å². The molecule has 0 heterocycles. The van der Waals surface area contributed by atoms with Crippen LogP contribution in [0.3, 0.4) is 0 Å². The minimum atomic E-state index is -0.427. The van der Waals surface area contributed by atoms with Gasteiger partial charge in [-0.1, -0.05) is 29.8 Å². The highest BCUT2D eigenvalue weighted by Gasteiger charge is 2.14. The van der Waals surface area contributed by atoms with Crippen molar-refractivity contribution in [1.29, 1.82) is 0 Å². The Balaban J connectivity index is 1.72. The molecule has 0 atom stereocenters. The molecule has 0 bridgehead atoms. The van der Waals surface area contributed by atoms with Gasteiger partial charge in [0.25, 0.3) is 5.91 Å². The zero-order chi connectivity index (χ0) is 25.2. The summed E-state index contributed by atoms with van der Waals surface area (Å²) in [6.45, 7) is 4.51. The van der Waals surface area contributed by atoms with E-state index in [9.17, 15) is 9.18 Å². The average Bonchev–Trinajstić information content (AvgIpc) is 2.85. The van der Waals surface area contributed by atoms with Gasteiger partial charge in [0, 0.05) is 11.1 Å². The lowest BCUT2D eigenvalue weighted by Gasteiger charge is -2.14. The molecular weight excluding hydrogens is 475 g/mol. The third-order valence-corrected chi connectivity index (χ3v) is 5.05. The fourth-order valence-electron chi connectivity index (χ4n) is 3.14. The van der Waals surface area contributed by atoms with Gasteiger partial charge >= 0.3 is 0 Å². The molecule has 3 rings (SSSR count). The predicted octanol–water partition coefficient (Wildman–Crippen LogP) is 5.63. The molecule has 0 unspecified atom stereocenters. The number of amides is 1. The Kier molecular flexibility index (Phi) is 9.31. The highest BCUT2D eigenvalue weighted by Crippen LogP contribution is 2.37. The minimum Gasteiger partial charge on any atom is -0.493 e. The molecule has 0 saturated heterocycles. The maximum absolute atomic E-state index is 13.9. The molecule has 0 aliphatic rings. The number of hydrogen-bond donors (Lipinski definition) is 1. The number of nitrogens with one attached hydrogen (secondary N) is 1. The van der Waals surface area contributed by atoms with Crippen LogP contribution < -0.4 is 24.4 Å². The molecule has 0 spiro atoms. The summed E-state index contributed by atoms with van der Waals surface area (Å²) in [4.78, 5) is 12.5. The Labute approximate surface area is 208 Å². The van der Waals surface area contributed by atoms with Gasteiger partial charge in [0.05, 0.1) is 31.6 Å². The highest BCUT2D eigenvalue weighted by molar-refractivity contribution is 6.32. The fourth-order valence-corrected chi connectivity index (χ4v) is 3.42. The van der Waals surface area contributed by atoms with Crippen molar-refractivity contribution in [2.24, 2.45) is 5.10 Å². The Bertz CT molecular complexity index is 1200. The number of methoxy groups -OCH3 is 1. The van der Waals surface area contributed by atoms with Crippen LogP contribution in [0.1, 0.15) is 35.3 Å². The van der Waals surface area contributed by atoms with Crippen LogP contribution in [-0.4, -0.2) is 32.4 Å². The molecule has 3 aromatic carbocycles. The van der Waals surface area contributed by atoms with Crippen molar-refractivity contribution in [3.05, 3.63) is 82.1 Å². The van der Waals surface area contributed by atoms with Crippen LogP contribution in [0.15, 0.2) is 59.7 Å². The Hall–Kier alpha value is -3.78. The van der Waals surface area contributed by atoms with Gasteiger partial charge in [-0.3, -0.25) is 4.79 Å². The zero-order valence-electron chi connectivity index (χ0n) is 19.6. The van der Waals surface area contributed by atoms with Gasteiger partial charge in [0.1, 0.15) is 12.4 Å². The van der Waals surface area contributed by atoms with E-state index < -0.39 is 5.91 Å². The Morgan fingerprint density at radius 1 is 1.00 bits per heavy atom. The number of hydrazone groups is 1. The van der Waals surface area contributed by atoms with E-state index in [2.05, 4.69) is 10.5 Å².